The first kappa shape index (κ1) is 17.2. The summed E-state index contributed by atoms with van der Waals surface area (Å²) in [5, 5.41) is 9.55. The molecule has 1 aromatic rings. The Hall–Kier alpha value is -1.14. The molecule has 1 aliphatic carbocycles. The number of aryl methyl sites for hydroxylation is 1. The number of pyridine rings is 1. The standard InChI is InChI=1S/C16H24BrN3O2/c1-4-20(3)10-18-15-9-14(17)16(19-11(15)2)22-13-7-5-12(21)6-8-13/h9-10,12-13,21H,4-8H2,1-3H3. The summed E-state index contributed by atoms with van der Waals surface area (Å²) < 4.78 is 6.80. The van der Waals surface area contributed by atoms with Gasteiger partial charge in [0, 0.05) is 13.6 Å². The zero-order chi connectivity index (χ0) is 16.1. The van der Waals surface area contributed by atoms with Gasteiger partial charge in [-0.1, -0.05) is 0 Å². The summed E-state index contributed by atoms with van der Waals surface area (Å²) in [6.07, 6.45) is 5.10. The van der Waals surface area contributed by atoms with E-state index in [9.17, 15) is 5.11 Å². The molecule has 0 bridgehead atoms. The summed E-state index contributed by atoms with van der Waals surface area (Å²) in [6, 6.07) is 1.94. The van der Waals surface area contributed by atoms with Gasteiger partial charge in [0.15, 0.2) is 0 Å². The minimum Gasteiger partial charge on any atom is -0.474 e. The van der Waals surface area contributed by atoms with Gasteiger partial charge < -0.3 is 14.7 Å². The van der Waals surface area contributed by atoms with Gasteiger partial charge in [-0.3, -0.25) is 0 Å². The summed E-state index contributed by atoms with van der Waals surface area (Å²) in [7, 11) is 1.98. The normalized spacial score (nSPS) is 22.0. The molecule has 0 radical (unpaired) electrons. The largest absolute Gasteiger partial charge is 0.474 e. The van der Waals surface area contributed by atoms with Crippen LogP contribution >= 0.6 is 15.9 Å². The number of hydrogen-bond donors (Lipinski definition) is 1. The van der Waals surface area contributed by atoms with Crippen molar-refractivity contribution in [3.8, 4) is 5.88 Å². The van der Waals surface area contributed by atoms with Crippen LogP contribution in [0.15, 0.2) is 15.5 Å². The fraction of sp³-hybridized carbons (Fsp3) is 0.625. The number of ether oxygens (including phenoxy) is 1. The molecule has 1 aromatic heterocycles. The van der Waals surface area contributed by atoms with Gasteiger partial charge in [-0.2, -0.15) is 0 Å². The number of aliphatic imine (C=N–C) groups is 1. The first-order chi connectivity index (χ1) is 10.5. The molecule has 0 spiro atoms. The molecule has 0 aromatic carbocycles. The molecule has 122 valence electrons. The number of rotatable bonds is 5. The lowest BCUT2D eigenvalue weighted by molar-refractivity contribution is 0.0639. The lowest BCUT2D eigenvalue weighted by Crippen LogP contribution is -2.26. The zero-order valence-electron chi connectivity index (χ0n) is 13.4. The lowest BCUT2D eigenvalue weighted by Gasteiger charge is -2.26. The fourth-order valence-corrected chi connectivity index (χ4v) is 2.72. The van der Waals surface area contributed by atoms with Crippen LogP contribution in [-0.4, -0.2) is 47.1 Å². The van der Waals surface area contributed by atoms with Crippen molar-refractivity contribution >= 4 is 28.0 Å². The van der Waals surface area contributed by atoms with Crippen LogP contribution < -0.4 is 4.74 Å². The van der Waals surface area contributed by atoms with Crippen LogP contribution in [0.3, 0.4) is 0 Å². The number of aliphatic hydroxyl groups is 1. The van der Waals surface area contributed by atoms with Crippen molar-refractivity contribution in [1.29, 1.82) is 0 Å². The van der Waals surface area contributed by atoms with Gasteiger partial charge in [-0.15, -0.1) is 0 Å². The number of nitrogens with zero attached hydrogens (tertiary/aromatic N) is 3. The Morgan fingerprint density at radius 1 is 1.45 bits per heavy atom. The third-order valence-electron chi connectivity index (χ3n) is 3.92. The van der Waals surface area contributed by atoms with Crippen molar-refractivity contribution in [3.05, 3.63) is 16.2 Å². The van der Waals surface area contributed by atoms with E-state index in [0.29, 0.717) is 5.88 Å². The van der Waals surface area contributed by atoms with E-state index in [0.717, 1.165) is 48.1 Å². The Labute approximate surface area is 140 Å². The highest BCUT2D eigenvalue weighted by Gasteiger charge is 2.22. The molecular weight excluding hydrogens is 346 g/mol. The van der Waals surface area contributed by atoms with Crippen LogP contribution in [0.5, 0.6) is 5.88 Å². The molecule has 0 atom stereocenters. The van der Waals surface area contributed by atoms with E-state index in [1.165, 1.54) is 0 Å². The van der Waals surface area contributed by atoms with Gasteiger partial charge in [0.2, 0.25) is 5.88 Å². The molecule has 6 heteroatoms. The average molecular weight is 370 g/mol. The topological polar surface area (TPSA) is 58.0 Å². The molecule has 1 N–H and O–H groups in total. The summed E-state index contributed by atoms with van der Waals surface area (Å²) >= 11 is 3.52. The molecule has 0 unspecified atom stereocenters. The van der Waals surface area contributed by atoms with Gasteiger partial charge >= 0.3 is 0 Å². The van der Waals surface area contributed by atoms with E-state index < -0.39 is 0 Å². The average Bonchev–Trinajstić information content (AvgIpc) is 2.51. The van der Waals surface area contributed by atoms with Crippen molar-refractivity contribution in [2.24, 2.45) is 4.99 Å². The molecule has 2 rings (SSSR count). The third kappa shape index (κ3) is 4.68. The molecule has 0 saturated heterocycles. The Morgan fingerprint density at radius 3 is 2.77 bits per heavy atom. The van der Waals surface area contributed by atoms with Crippen molar-refractivity contribution in [2.45, 2.75) is 51.7 Å². The molecular formula is C16H24BrN3O2. The number of hydrogen-bond acceptors (Lipinski definition) is 4. The van der Waals surface area contributed by atoms with E-state index in [2.05, 4.69) is 32.8 Å². The first-order valence-electron chi connectivity index (χ1n) is 7.76. The van der Waals surface area contributed by atoms with Gasteiger partial charge in [0.05, 0.1) is 28.3 Å². The SMILES string of the molecule is CCN(C)C=Nc1cc(Br)c(OC2CCC(O)CC2)nc1C. The van der Waals surface area contributed by atoms with Crippen LogP contribution in [0.1, 0.15) is 38.3 Å². The van der Waals surface area contributed by atoms with E-state index in [-0.39, 0.29) is 12.2 Å². The van der Waals surface area contributed by atoms with Gasteiger partial charge in [-0.05, 0) is 61.5 Å². The molecule has 1 heterocycles. The van der Waals surface area contributed by atoms with E-state index in [1.54, 1.807) is 6.34 Å². The Balaban J connectivity index is 2.07. The molecule has 22 heavy (non-hydrogen) atoms. The van der Waals surface area contributed by atoms with Crippen molar-refractivity contribution in [1.82, 2.24) is 9.88 Å². The van der Waals surface area contributed by atoms with Gasteiger partial charge in [0.25, 0.3) is 0 Å². The Kier molecular flexibility index (Phi) is 6.20. The monoisotopic (exact) mass is 369 g/mol. The minimum absolute atomic E-state index is 0.132. The quantitative estimate of drug-likeness (QED) is 0.637. The second-order valence-electron chi connectivity index (χ2n) is 5.75. The lowest BCUT2D eigenvalue weighted by atomic mass is 9.95. The van der Waals surface area contributed by atoms with Crippen molar-refractivity contribution < 1.29 is 9.84 Å². The summed E-state index contributed by atoms with van der Waals surface area (Å²) in [4.78, 5) is 11.0. The fourth-order valence-electron chi connectivity index (χ4n) is 2.33. The van der Waals surface area contributed by atoms with Crippen LogP contribution in [0.2, 0.25) is 0 Å². The number of halogens is 1. The second kappa shape index (κ2) is 7.92. The predicted octanol–water partition coefficient (Wildman–Crippen LogP) is 3.45. The summed E-state index contributed by atoms with van der Waals surface area (Å²) in [5.41, 5.74) is 1.67. The maximum Gasteiger partial charge on any atom is 0.228 e. The molecule has 5 nitrogen and oxygen atoms in total. The number of aromatic nitrogens is 1. The zero-order valence-corrected chi connectivity index (χ0v) is 15.0. The van der Waals surface area contributed by atoms with Crippen LogP contribution in [-0.2, 0) is 0 Å². The molecule has 1 aliphatic rings. The van der Waals surface area contributed by atoms with Gasteiger partial charge in [-0.25, -0.2) is 9.98 Å². The van der Waals surface area contributed by atoms with E-state index in [4.69, 9.17) is 4.74 Å². The highest BCUT2D eigenvalue weighted by molar-refractivity contribution is 9.10. The maximum atomic E-state index is 9.55. The highest BCUT2D eigenvalue weighted by Crippen LogP contribution is 2.32. The van der Waals surface area contributed by atoms with E-state index in [1.807, 2.05) is 24.9 Å². The molecule has 0 aliphatic heterocycles. The van der Waals surface area contributed by atoms with Crippen molar-refractivity contribution in [2.75, 3.05) is 13.6 Å². The van der Waals surface area contributed by atoms with Crippen LogP contribution in [0.25, 0.3) is 0 Å². The third-order valence-corrected chi connectivity index (χ3v) is 4.49. The minimum atomic E-state index is -0.176. The maximum absolute atomic E-state index is 9.55. The summed E-state index contributed by atoms with van der Waals surface area (Å²) in [6.45, 7) is 4.92. The highest BCUT2D eigenvalue weighted by atomic mass is 79.9. The Morgan fingerprint density at radius 2 is 2.14 bits per heavy atom. The predicted molar refractivity (Wildman–Crippen MR) is 92.0 cm³/mol. The smallest absolute Gasteiger partial charge is 0.228 e. The van der Waals surface area contributed by atoms with Crippen molar-refractivity contribution in [3.63, 3.8) is 0 Å². The molecule has 1 fully saturated rings. The Bertz CT molecular complexity index is 528. The first-order valence-corrected chi connectivity index (χ1v) is 8.55. The second-order valence-corrected chi connectivity index (χ2v) is 6.60. The van der Waals surface area contributed by atoms with Crippen LogP contribution in [0.4, 0.5) is 5.69 Å². The molecule has 1 saturated carbocycles. The van der Waals surface area contributed by atoms with Gasteiger partial charge in [0.1, 0.15) is 6.10 Å². The number of aliphatic hydroxyl groups excluding tert-OH is 1. The van der Waals surface area contributed by atoms with E-state index >= 15 is 0 Å². The molecule has 0 amide bonds. The summed E-state index contributed by atoms with van der Waals surface area (Å²) in [5.74, 6) is 0.613. The van der Waals surface area contributed by atoms with Crippen LogP contribution in [0, 0.1) is 6.92 Å².